The molecule has 0 aliphatic heterocycles. The highest BCUT2D eigenvalue weighted by molar-refractivity contribution is 5.65. The second-order valence-electron chi connectivity index (χ2n) is 26.9. The molecule has 0 saturated heterocycles. The predicted molar refractivity (Wildman–Crippen MR) is 413 cm³/mol. The van der Waals surface area contributed by atoms with Crippen LogP contribution in [0.4, 0.5) is 39.8 Å². The van der Waals surface area contributed by atoms with Crippen molar-refractivity contribution in [2.45, 2.75) is 158 Å². The summed E-state index contributed by atoms with van der Waals surface area (Å²) in [6, 6.07) is 19.3. The molecule has 0 radical (unpaired) electrons. The number of para-hydroxylation sites is 1. The molecule has 0 aromatic heterocycles. The highest BCUT2D eigenvalue weighted by Crippen LogP contribution is 2.48. The maximum atomic E-state index is 14.3. The van der Waals surface area contributed by atoms with Crippen molar-refractivity contribution in [3.8, 4) is 46.0 Å². The van der Waals surface area contributed by atoms with E-state index in [0.717, 1.165) is 12.1 Å². The Balaban J connectivity index is 1.46. The summed E-state index contributed by atoms with van der Waals surface area (Å²) in [7, 11) is 0. The van der Waals surface area contributed by atoms with E-state index in [1.54, 1.807) is 40.7 Å². The second kappa shape index (κ2) is 38.6. The number of hydrogen-bond acceptors (Lipinski definition) is 24. The van der Waals surface area contributed by atoms with Crippen molar-refractivity contribution in [1.82, 2.24) is 0 Å². The minimum absolute atomic E-state index is 0.00558. The SMILES string of the molecule is CCCOc1c2cc([N+](=O)[O-])cc1Cc1cc([N+](=O)[O-])cc(c1OCCC)Cc1cc([N+](=O)[O-])cc(c1OCCC)Cc1cccc(c1OCCC)C([N+](=O)[O-])c1cc([N+](=O)[O-])cc(c1OCCC)Cc1cc([N+](=O)[O-])cc(c1OCCC)Cc1cc([N+](=O)[O-])cc(c1OCCC)Cc1cc([N+](=O)[O-])cc(c1OCCC)C2. The predicted octanol–water partition coefficient (Wildman–Crippen LogP) is 18.2. The number of nitro groups is 8. The Morgan fingerprint density at radius 3 is 0.598 bits per heavy atom. The molecule has 0 spiro atoms. The van der Waals surface area contributed by atoms with Crippen molar-refractivity contribution in [3.05, 3.63) is 273 Å². The zero-order valence-electron chi connectivity index (χ0n) is 63.5. The molecule has 1 unspecified atom stereocenters. The lowest BCUT2D eigenvalue weighted by Crippen LogP contribution is -2.18. The van der Waals surface area contributed by atoms with Crippen LogP contribution >= 0.6 is 0 Å². The summed E-state index contributed by atoms with van der Waals surface area (Å²) >= 11 is 0. The van der Waals surface area contributed by atoms with E-state index < -0.39 is 105 Å². The van der Waals surface area contributed by atoms with Crippen molar-refractivity contribution in [2.75, 3.05) is 52.9 Å². The average Bonchev–Trinajstić information content (AvgIpc) is 0.752. The standard InChI is InChI=1S/C80H88N8O24/c1-9-20-105-73-50-28-49-18-17-19-70(79(49)111-26-15-7)72(88(103)104)71-48-69(87(101)102)47-62(80(71)112-27-16-8)34-61-46-68(86(99)100)45-60(78(61)110-25-14-6)33-59-44-67(85(97)98)43-58(77(59)109-24-13-5)32-57-42-66(84(95)96)41-56(76(57)108-23-12-4)31-55-40-65(83(93)94)39-54(75(55)107-22-11-3)30-53-38-64(82(91)92)37-52(74(53)106-21-10-2)29-51(73)36-63(35-50)81(89)90/h17-19,35-48,72H,9-16,20-34H2,1-8H3. The zero-order valence-corrected chi connectivity index (χ0v) is 63.5. The Bertz CT molecular complexity index is 4890. The molecule has 0 amide bonds. The largest absolute Gasteiger partial charge is 0.493 e. The van der Waals surface area contributed by atoms with Gasteiger partial charge in [-0.15, -0.1) is 0 Å². The molecule has 592 valence electrons. The van der Waals surface area contributed by atoms with E-state index in [4.69, 9.17) is 37.9 Å². The lowest BCUT2D eigenvalue weighted by atomic mass is 9.89. The van der Waals surface area contributed by atoms with Crippen molar-refractivity contribution < 1.29 is 77.3 Å². The molecule has 32 heteroatoms. The van der Waals surface area contributed by atoms with E-state index in [-0.39, 0.29) is 214 Å². The Kier molecular flexibility index (Phi) is 28.8. The monoisotopic (exact) mass is 1540 g/mol. The molecule has 8 aromatic carbocycles. The molecule has 1 aliphatic rings. The van der Waals surface area contributed by atoms with E-state index >= 15 is 0 Å². The third-order valence-corrected chi connectivity index (χ3v) is 18.2. The Hall–Kier alpha value is -12.6. The summed E-state index contributed by atoms with van der Waals surface area (Å²) < 4.78 is 52.5. The topological polar surface area (TPSA) is 419 Å². The van der Waals surface area contributed by atoms with Crippen LogP contribution in [0.3, 0.4) is 0 Å². The highest BCUT2D eigenvalue weighted by atomic mass is 16.7. The van der Waals surface area contributed by atoms with Crippen molar-refractivity contribution >= 4 is 39.8 Å². The van der Waals surface area contributed by atoms with Gasteiger partial charge in [-0.1, -0.05) is 67.5 Å². The molecular weight excluding hydrogens is 1460 g/mol. The molecule has 0 saturated carbocycles. The summed E-state index contributed by atoms with van der Waals surface area (Å²) in [4.78, 5) is 102. The molecule has 0 N–H and O–H groups in total. The Morgan fingerprint density at radius 1 is 0.241 bits per heavy atom. The molecule has 1 atom stereocenters. The first-order valence-electron chi connectivity index (χ1n) is 37.2. The summed E-state index contributed by atoms with van der Waals surface area (Å²) in [6.07, 6.45) is 0.218. The lowest BCUT2D eigenvalue weighted by molar-refractivity contribution is -0.517. The number of non-ortho nitro benzene ring substituents is 7. The third-order valence-electron chi connectivity index (χ3n) is 18.2. The minimum Gasteiger partial charge on any atom is -0.493 e. The smallest absolute Gasteiger partial charge is 0.270 e. The van der Waals surface area contributed by atoms with Gasteiger partial charge < -0.3 is 37.9 Å². The molecular formula is C80H88N8O24. The van der Waals surface area contributed by atoms with Crippen LogP contribution in [-0.2, 0) is 44.9 Å². The van der Waals surface area contributed by atoms with Gasteiger partial charge in [0.05, 0.1) is 98.4 Å². The minimum atomic E-state index is -2.07. The van der Waals surface area contributed by atoms with E-state index in [1.807, 2.05) is 20.8 Å². The van der Waals surface area contributed by atoms with Gasteiger partial charge in [-0.05, 0) is 63.0 Å². The van der Waals surface area contributed by atoms with Crippen LogP contribution in [0.1, 0.15) is 202 Å². The molecule has 0 fully saturated rings. The third kappa shape index (κ3) is 19.9. The van der Waals surface area contributed by atoms with Gasteiger partial charge in [0.15, 0.2) is 0 Å². The van der Waals surface area contributed by atoms with E-state index in [2.05, 4.69) is 0 Å². The van der Waals surface area contributed by atoms with Gasteiger partial charge in [-0.25, -0.2) is 0 Å². The summed E-state index contributed by atoms with van der Waals surface area (Å²) in [5.41, 5.74) is -2.74. The van der Waals surface area contributed by atoms with Crippen LogP contribution in [0.25, 0.3) is 0 Å². The van der Waals surface area contributed by atoms with Crippen LogP contribution in [0.5, 0.6) is 46.0 Å². The molecule has 8 aromatic rings. The number of ether oxygens (including phenoxy) is 8. The Labute approximate surface area is 644 Å². The molecule has 0 heterocycles. The van der Waals surface area contributed by atoms with Crippen LogP contribution in [0, 0.1) is 80.9 Å². The number of hydrogen-bond donors (Lipinski definition) is 0. The van der Waals surface area contributed by atoms with Crippen LogP contribution in [-0.4, -0.2) is 92.2 Å². The fourth-order valence-electron chi connectivity index (χ4n) is 13.6. The van der Waals surface area contributed by atoms with Gasteiger partial charge in [0, 0.05) is 207 Å². The fourth-order valence-corrected chi connectivity index (χ4v) is 13.6. The second-order valence-corrected chi connectivity index (χ2v) is 26.9. The summed E-state index contributed by atoms with van der Waals surface area (Å²) in [5.74, 6) is -0.0286. The molecule has 112 heavy (non-hydrogen) atoms. The molecule has 32 nitrogen and oxygen atoms in total. The summed E-state index contributed by atoms with van der Waals surface area (Å²) in [6.45, 7) is 14.2. The maximum Gasteiger partial charge on any atom is 0.270 e. The number of nitrogens with zero attached hydrogens (tertiary/aromatic N) is 8. The van der Waals surface area contributed by atoms with Gasteiger partial charge in [-0.2, -0.15) is 0 Å². The van der Waals surface area contributed by atoms with Gasteiger partial charge >= 0.3 is 0 Å². The first kappa shape index (κ1) is 83.4. The number of benzene rings is 8. The van der Waals surface area contributed by atoms with Gasteiger partial charge in [0.1, 0.15) is 46.0 Å². The van der Waals surface area contributed by atoms with E-state index in [1.165, 1.54) is 84.9 Å². The number of fused-ring (bicyclic) bond motifs is 16. The lowest BCUT2D eigenvalue weighted by Gasteiger charge is -2.23. The van der Waals surface area contributed by atoms with Crippen LogP contribution in [0.15, 0.2) is 103 Å². The zero-order chi connectivity index (χ0) is 81.0. The van der Waals surface area contributed by atoms with E-state index in [9.17, 15) is 80.9 Å². The van der Waals surface area contributed by atoms with E-state index in [0.29, 0.717) is 51.4 Å². The van der Waals surface area contributed by atoms with Crippen molar-refractivity contribution in [3.63, 3.8) is 0 Å². The van der Waals surface area contributed by atoms with Gasteiger partial charge in [0.2, 0.25) is 0 Å². The van der Waals surface area contributed by atoms with Crippen molar-refractivity contribution in [2.24, 2.45) is 0 Å². The van der Waals surface area contributed by atoms with Crippen molar-refractivity contribution in [1.29, 1.82) is 0 Å². The average molecular weight is 1550 g/mol. The normalized spacial score (nSPS) is 12.7. The first-order valence-corrected chi connectivity index (χ1v) is 37.2. The number of nitro benzene ring substituents is 7. The van der Waals surface area contributed by atoms with Gasteiger partial charge in [-0.3, -0.25) is 80.9 Å². The molecule has 16 bridgehead atoms. The quantitative estimate of drug-likeness (QED) is 0.0279. The number of rotatable bonds is 32. The van der Waals surface area contributed by atoms with Gasteiger partial charge in [0.25, 0.3) is 45.9 Å². The molecule has 1 aliphatic carbocycles. The van der Waals surface area contributed by atoms with Crippen LogP contribution < -0.4 is 37.9 Å². The molecule has 9 rings (SSSR count). The first-order chi connectivity index (χ1) is 53.8. The summed E-state index contributed by atoms with van der Waals surface area (Å²) in [5, 5.41) is 108. The fraction of sp³-hybridized carbons (Fsp3) is 0.400. The Morgan fingerprint density at radius 2 is 0.411 bits per heavy atom. The highest BCUT2D eigenvalue weighted by Gasteiger charge is 2.38. The van der Waals surface area contributed by atoms with Crippen LogP contribution in [0.2, 0.25) is 0 Å². The maximum absolute atomic E-state index is 14.3.